The molecule has 3 saturated carbocycles. The highest BCUT2D eigenvalue weighted by Gasteiger charge is 2.59. The fourth-order valence-electron chi connectivity index (χ4n) is 9.80. The van der Waals surface area contributed by atoms with Crippen LogP contribution in [0.3, 0.4) is 0 Å². The molecule has 9 atom stereocenters. The Balaban J connectivity index is 1.24. The number of rotatable bonds is 7. The zero-order valence-electron chi connectivity index (χ0n) is 23.1. The number of allylic oxidation sites excluding steroid dienone is 1. The third-order valence-electron chi connectivity index (χ3n) is 11.7. The van der Waals surface area contributed by atoms with Crippen LogP contribution in [0.25, 0.3) is 0 Å². The Morgan fingerprint density at radius 3 is 2.59 bits per heavy atom. The SMILES string of the molecule is CC(C)CCC[C@@H](C)[C@H]1CC[C@H]2[C@@H]3CC=C4C[C@@H](OC5CCCCO5)CC[C@]4(C)[C@H]3CC[C@]12C. The molecule has 0 aromatic heterocycles. The van der Waals surface area contributed by atoms with Crippen LogP contribution in [-0.4, -0.2) is 19.0 Å². The summed E-state index contributed by atoms with van der Waals surface area (Å²) in [4.78, 5) is 0. The monoisotopic (exact) mass is 470 g/mol. The van der Waals surface area contributed by atoms with Gasteiger partial charge in [-0.1, -0.05) is 65.5 Å². The van der Waals surface area contributed by atoms with Gasteiger partial charge >= 0.3 is 0 Å². The number of hydrogen-bond acceptors (Lipinski definition) is 2. The van der Waals surface area contributed by atoms with Gasteiger partial charge in [0, 0.05) is 6.61 Å². The van der Waals surface area contributed by atoms with Crippen molar-refractivity contribution in [2.75, 3.05) is 6.61 Å². The lowest BCUT2D eigenvalue weighted by Crippen LogP contribution is -2.51. The molecule has 5 rings (SSSR count). The van der Waals surface area contributed by atoms with E-state index < -0.39 is 0 Å². The quantitative estimate of drug-likeness (QED) is 0.346. The molecule has 4 aliphatic carbocycles. The van der Waals surface area contributed by atoms with Crippen molar-refractivity contribution in [3.63, 3.8) is 0 Å². The van der Waals surface area contributed by atoms with E-state index in [2.05, 4.69) is 40.7 Å². The van der Waals surface area contributed by atoms with Crippen molar-refractivity contribution < 1.29 is 9.47 Å². The van der Waals surface area contributed by atoms with Crippen LogP contribution in [0.15, 0.2) is 11.6 Å². The molecule has 2 nitrogen and oxygen atoms in total. The minimum Gasteiger partial charge on any atom is -0.353 e. The summed E-state index contributed by atoms with van der Waals surface area (Å²) in [5, 5.41) is 0. The normalized spacial score (nSPS) is 45.3. The van der Waals surface area contributed by atoms with E-state index >= 15 is 0 Å². The third kappa shape index (κ3) is 4.69. The van der Waals surface area contributed by atoms with Crippen LogP contribution in [0.2, 0.25) is 0 Å². The van der Waals surface area contributed by atoms with Gasteiger partial charge in [0.25, 0.3) is 0 Å². The molecule has 1 heterocycles. The second-order valence-corrected chi connectivity index (χ2v) is 14.1. The summed E-state index contributed by atoms with van der Waals surface area (Å²) in [5.74, 6) is 5.53. The Labute approximate surface area is 211 Å². The third-order valence-corrected chi connectivity index (χ3v) is 11.7. The number of fused-ring (bicyclic) bond motifs is 5. The molecule has 0 aromatic rings. The zero-order valence-corrected chi connectivity index (χ0v) is 23.1. The van der Waals surface area contributed by atoms with Gasteiger partial charge in [-0.25, -0.2) is 0 Å². The summed E-state index contributed by atoms with van der Waals surface area (Å²) >= 11 is 0. The van der Waals surface area contributed by atoms with Crippen molar-refractivity contribution in [1.29, 1.82) is 0 Å². The van der Waals surface area contributed by atoms with Crippen LogP contribution >= 0.6 is 0 Å². The summed E-state index contributed by atoms with van der Waals surface area (Å²) < 4.78 is 12.4. The van der Waals surface area contributed by atoms with Gasteiger partial charge in [-0.3, -0.25) is 0 Å². The van der Waals surface area contributed by atoms with Crippen LogP contribution in [0.4, 0.5) is 0 Å². The lowest BCUT2D eigenvalue weighted by atomic mass is 9.47. The molecule has 194 valence electrons. The molecule has 0 spiro atoms. The summed E-state index contributed by atoms with van der Waals surface area (Å²) in [6.07, 6.45) is 22.0. The first kappa shape index (κ1) is 25.3. The predicted molar refractivity (Wildman–Crippen MR) is 142 cm³/mol. The summed E-state index contributed by atoms with van der Waals surface area (Å²) in [7, 11) is 0. The molecule has 4 fully saturated rings. The van der Waals surface area contributed by atoms with Gasteiger partial charge in [-0.15, -0.1) is 0 Å². The fourth-order valence-corrected chi connectivity index (χ4v) is 9.80. The summed E-state index contributed by atoms with van der Waals surface area (Å²) in [6, 6.07) is 0. The van der Waals surface area contributed by atoms with Gasteiger partial charge < -0.3 is 9.47 Å². The van der Waals surface area contributed by atoms with Crippen LogP contribution in [-0.2, 0) is 9.47 Å². The smallest absolute Gasteiger partial charge is 0.157 e. The molecular formula is C32H54O2. The Hall–Kier alpha value is -0.340. The molecular weight excluding hydrogens is 416 g/mol. The van der Waals surface area contributed by atoms with Gasteiger partial charge in [-0.05, 0) is 117 Å². The lowest BCUT2D eigenvalue weighted by Gasteiger charge is -2.58. The van der Waals surface area contributed by atoms with Crippen LogP contribution in [0.1, 0.15) is 125 Å². The molecule has 5 aliphatic rings. The van der Waals surface area contributed by atoms with Crippen molar-refractivity contribution in [3.8, 4) is 0 Å². The largest absolute Gasteiger partial charge is 0.353 e. The van der Waals surface area contributed by atoms with Gasteiger partial charge in [-0.2, -0.15) is 0 Å². The molecule has 1 saturated heterocycles. The minimum absolute atomic E-state index is 0.0633. The maximum Gasteiger partial charge on any atom is 0.157 e. The van der Waals surface area contributed by atoms with Gasteiger partial charge in [0.05, 0.1) is 6.10 Å². The molecule has 0 amide bonds. The van der Waals surface area contributed by atoms with E-state index in [9.17, 15) is 0 Å². The predicted octanol–water partition coefficient (Wildman–Crippen LogP) is 8.94. The Kier molecular flexibility index (Phi) is 7.59. The van der Waals surface area contributed by atoms with Crippen molar-refractivity contribution in [3.05, 3.63) is 11.6 Å². The second-order valence-electron chi connectivity index (χ2n) is 14.1. The number of ether oxygens (including phenoxy) is 2. The van der Waals surface area contributed by atoms with E-state index in [-0.39, 0.29) is 6.29 Å². The van der Waals surface area contributed by atoms with Crippen molar-refractivity contribution >= 4 is 0 Å². The maximum atomic E-state index is 6.47. The topological polar surface area (TPSA) is 18.5 Å². The van der Waals surface area contributed by atoms with E-state index in [0.29, 0.717) is 16.9 Å². The highest BCUT2D eigenvalue weighted by Crippen LogP contribution is 2.67. The summed E-state index contributed by atoms with van der Waals surface area (Å²) in [5.41, 5.74) is 2.78. The lowest BCUT2D eigenvalue weighted by molar-refractivity contribution is -0.195. The highest BCUT2D eigenvalue weighted by atomic mass is 16.7. The van der Waals surface area contributed by atoms with Gasteiger partial charge in [0.1, 0.15) is 0 Å². The Bertz CT molecular complexity index is 721. The van der Waals surface area contributed by atoms with Crippen molar-refractivity contribution in [1.82, 2.24) is 0 Å². The standard InChI is InChI=1S/C32H54O2/c1-22(2)9-8-10-23(3)27-14-15-28-26-13-12-24-21-25(34-30-11-6-7-20-33-30)16-18-31(24,4)29(26)17-19-32(27,28)5/h12,22-23,25-30H,6-11,13-21H2,1-5H3/t23-,25+,26+,27-,28+,29+,30?,31+,32-/m1/s1. The number of hydrogen-bond donors (Lipinski definition) is 0. The first-order valence-electron chi connectivity index (χ1n) is 15.3. The Morgan fingerprint density at radius 1 is 0.971 bits per heavy atom. The van der Waals surface area contributed by atoms with Crippen LogP contribution in [0, 0.1) is 46.3 Å². The van der Waals surface area contributed by atoms with E-state index in [0.717, 1.165) is 55.0 Å². The van der Waals surface area contributed by atoms with Crippen molar-refractivity contribution in [2.45, 2.75) is 137 Å². The van der Waals surface area contributed by atoms with Gasteiger partial charge in [0.2, 0.25) is 0 Å². The second kappa shape index (κ2) is 10.2. The molecule has 1 unspecified atom stereocenters. The fraction of sp³-hybridized carbons (Fsp3) is 0.938. The van der Waals surface area contributed by atoms with E-state index in [1.165, 1.54) is 77.0 Å². The van der Waals surface area contributed by atoms with Crippen LogP contribution < -0.4 is 0 Å². The average molecular weight is 471 g/mol. The van der Waals surface area contributed by atoms with Gasteiger partial charge in [0.15, 0.2) is 6.29 Å². The molecule has 0 radical (unpaired) electrons. The first-order chi connectivity index (χ1) is 16.3. The molecule has 34 heavy (non-hydrogen) atoms. The minimum atomic E-state index is 0.0633. The molecule has 0 aromatic carbocycles. The first-order valence-corrected chi connectivity index (χ1v) is 15.3. The molecule has 0 N–H and O–H groups in total. The van der Waals surface area contributed by atoms with E-state index in [1.807, 2.05) is 0 Å². The van der Waals surface area contributed by atoms with E-state index in [1.54, 1.807) is 5.57 Å². The Morgan fingerprint density at radius 2 is 1.82 bits per heavy atom. The molecule has 1 aliphatic heterocycles. The van der Waals surface area contributed by atoms with Crippen molar-refractivity contribution in [2.24, 2.45) is 46.3 Å². The maximum absolute atomic E-state index is 6.47. The molecule has 2 heteroatoms. The van der Waals surface area contributed by atoms with Crippen LogP contribution in [0.5, 0.6) is 0 Å². The molecule has 0 bridgehead atoms. The highest BCUT2D eigenvalue weighted by molar-refractivity contribution is 5.25. The van der Waals surface area contributed by atoms with E-state index in [4.69, 9.17) is 9.47 Å². The zero-order chi connectivity index (χ0) is 23.9. The average Bonchev–Trinajstić information content (AvgIpc) is 3.17. The summed E-state index contributed by atoms with van der Waals surface area (Å²) in [6.45, 7) is 13.6.